The van der Waals surface area contributed by atoms with Gasteiger partial charge in [-0.2, -0.15) is 0 Å². The van der Waals surface area contributed by atoms with Gasteiger partial charge in [-0.1, -0.05) is 56.6 Å². The Labute approximate surface area is 186 Å². The monoisotopic (exact) mass is 430 g/mol. The Hall–Kier alpha value is -2.01. The zero-order chi connectivity index (χ0) is 22.7. The predicted molar refractivity (Wildman–Crippen MR) is 121 cm³/mol. The Balaban J connectivity index is 1.74. The van der Waals surface area contributed by atoms with Crippen molar-refractivity contribution in [2.75, 3.05) is 6.61 Å². The second-order valence-corrected chi connectivity index (χ2v) is 9.08. The van der Waals surface area contributed by atoms with E-state index >= 15 is 0 Å². The number of rotatable bonds is 14. The van der Waals surface area contributed by atoms with Crippen LogP contribution in [0.1, 0.15) is 78.1 Å². The van der Waals surface area contributed by atoms with Gasteiger partial charge in [-0.3, -0.25) is 14.4 Å². The summed E-state index contributed by atoms with van der Waals surface area (Å²) in [6.45, 7) is 3.08. The SMILES string of the molecule is CCCCC1(C/C=C/[C@H]2C=CC(=O)[C@@H]2C/C=C\CCC(O)C(=O)COC(C)=O)CCC1. The number of esters is 1. The summed E-state index contributed by atoms with van der Waals surface area (Å²) in [5, 5.41) is 9.82. The summed E-state index contributed by atoms with van der Waals surface area (Å²) in [4.78, 5) is 34.6. The van der Waals surface area contributed by atoms with E-state index in [4.69, 9.17) is 0 Å². The fourth-order valence-corrected chi connectivity index (χ4v) is 4.43. The number of ketones is 2. The molecular formula is C26H38O5. The van der Waals surface area contributed by atoms with Crippen LogP contribution in [0.5, 0.6) is 0 Å². The van der Waals surface area contributed by atoms with Crippen LogP contribution >= 0.6 is 0 Å². The lowest BCUT2D eigenvalue weighted by atomic mass is 9.64. The van der Waals surface area contributed by atoms with Crippen LogP contribution in [0.4, 0.5) is 0 Å². The molecule has 0 saturated heterocycles. The highest BCUT2D eigenvalue weighted by Gasteiger charge is 2.35. The molecule has 0 heterocycles. The molecule has 2 aliphatic rings. The predicted octanol–water partition coefficient (Wildman–Crippen LogP) is 4.88. The van der Waals surface area contributed by atoms with E-state index in [-0.39, 0.29) is 24.0 Å². The molecule has 0 amide bonds. The molecule has 172 valence electrons. The number of Topliss-reactive ketones (excluding diaryl/α,β-unsaturated/α-hetero) is 1. The minimum atomic E-state index is -1.14. The van der Waals surface area contributed by atoms with Gasteiger partial charge in [0.05, 0.1) is 0 Å². The van der Waals surface area contributed by atoms with Gasteiger partial charge in [-0.05, 0) is 56.4 Å². The lowest BCUT2D eigenvalue weighted by Gasteiger charge is -2.41. The molecule has 2 rings (SSSR count). The van der Waals surface area contributed by atoms with Crippen LogP contribution in [-0.2, 0) is 19.1 Å². The van der Waals surface area contributed by atoms with Crippen molar-refractivity contribution in [3.05, 3.63) is 36.5 Å². The van der Waals surface area contributed by atoms with Crippen LogP contribution in [0.3, 0.4) is 0 Å². The van der Waals surface area contributed by atoms with Gasteiger partial charge >= 0.3 is 5.97 Å². The summed E-state index contributed by atoms with van der Waals surface area (Å²) >= 11 is 0. The van der Waals surface area contributed by atoms with Crippen molar-refractivity contribution in [2.45, 2.75) is 84.2 Å². The maximum absolute atomic E-state index is 12.3. The molecule has 1 N–H and O–H groups in total. The first kappa shape index (κ1) is 25.3. The van der Waals surface area contributed by atoms with E-state index in [2.05, 4.69) is 23.8 Å². The normalized spacial score (nSPS) is 23.4. The van der Waals surface area contributed by atoms with Gasteiger partial charge in [0.25, 0.3) is 0 Å². The Morgan fingerprint density at radius 1 is 1.29 bits per heavy atom. The van der Waals surface area contributed by atoms with Crippen LogP contribution in [0, 0.1) is 17.3 Å². The second-order valence-electron chi connectivity index (χ2n) is 9.08. The van der Waals surface area contributed by atoms with Crippen LogP contribution < -0.4 is 0 Å². The van der Waals surface area contributed by atoms with E-state index in [1.54, 1.807) is 6.08 Å². The van der Waals surface area contributed by atoms with Crippen LogP contribution in [-0.4, -0.2) is 35.4 Å². The molecule has 2 aliphatic carbocycles. The molecule has 0 aromatic rings. The van der Waals surface area contributed by atoms with Gasteiger partial charge in [-0.15, -0.1) is 0 Å². The van der Waals surface area contributed by atoms with Crippen molar-refractivity contribution in [3.63, 3.8) is 0 Å². The number of hydrogen-bond acceptors (Lipinski definition) is 5. The van der Waals surface area contributed by atoms with Crippen molar-refractivity contribution < 1.29 is 24.2 Å². The fraction of sp³-hybridized carbons (Fsp3) is 0.654. The molecule has 1 saturated carbocycles. The van der Waals surface area contributed by atoms with Gasteiger partial charge < -0.3 is 9.84 Å². The number of aliphatic hydroxyl groups is 1. The van der Waals surface area contributed by atoms with E-state index in [1.165, 1.54) is 45.4 Å². The zero-order valence-electron chi connectivity index (χ0n) is 19.1. The van der Waals surface area contributed by atoms with Crippen LogP contribution in [0.15, 0.2) is 36.5 Å². The molecule has 5 heteroatoms. The van der Waals surface area contributed by atoms with E-state index < -0.39 is 24.5 Å². The highest BCUT2D eigenvalue weighted by molar-refractivity contribution is 5.95. The van der Waals surface area contributed by atoms with Crippen molar-refractivity contribution >= 4 is 17.5 Å². The van der Waals surface area contributed by atoms with Crippen LogP contribution in [0.25, 0.3) is 0 Å². The molecule has 1 fully saturated rings. The molecule has 0 spiro atoms. The van der Waals surface area contributed by atoms with E-state index in [9.17, 15) is 19.5 Å². The average Bonchev–Trinajstić information content (AvgIpc) is 3.06. The number of ether oxygens (including phenoxy) is 1. The molecule has 1 unspecified atom stereocenters. The summed E-state index contributed by atoms with van der Waals surface area (Å²) in [5.41, 5.74) is 0.502. The minimum Gasteiger partial charge on any atom is -0.458 e. The Kier molecular flexibility index (Phi) is 10.4. The molecule has 31 heavy (non-hydrogen) atoms. The highest BCUT2D eigenvalue weighted by atomic mass is 16.5. The number of carbonyl (C=O) groups is 3. The largest absolute Gasteiger partial charge is 0.458 e. The van der Waals surface area contributed by atoms with Crippen LogP contribution in [0.2, 0.25) is 0 Å². The van der Waals surface area contributed by atoms with Crippen molar-refractivity contribution in [2.24, 2.45) is 17.3 Å². The van der Waals surface area contributed by atoms with Crippen molar-refractivity contribution in [3.8, 4) is 0 Å². The third-order valence-electron chi connectivity index (χ3n) is 6.65. The average molecular weight is 431 g/mol. The van der Waals surface area contributed by atoms with Gasteiger partial charge in [-0.25, -0.2) is 0 Å². The van der Waals surface area contributed by atoms with E-state index in [1.807, 2.05) is 18.2 Å². The first-order chi connectivity index (χ1) is 14.9. The Morgan fingerprint density at radius 3 is 2.71 bits per heavy atom. The fourth-order valence-electron chi connectivity index (χ4n) is 4.43. The highest BCUT2D eigenvalue weighted by Crippen LogP contribution is 2.48. The maximum Gasteiger partial charge on any atom is 0.303 e. The number of aliphatic hydroxyl groups excluding tert-OH is 1. The summed E-state index contributed by atoms with van der Waals surface area (Å²) in [6, 6.07) is 0. The smallest absolute Gasteiger partial charge is 0.303 e. The van der Waals surface area contributed by atoms with Gasteiger partial charge in [0.15, 0.2) is 18.2 Å². The minimum absolute atomic E-state index is 0.0593. The zero-order valence-corrected chi connectivity index (χ0v) is 19.1. The third-order valence-corrected chi connectivity index (χ3v) is 6.65. The standard InChI is InChI=1S/C26H38O5/c1-3-4-15-26(17-9-18-26)16-8-10-21-13-14-23(28)22(21)11-6-5-7-12-24(29)25(30)19-31-20(2)27/h5-6,8,10,13-14,21-22,24,29H,3-4,7,9,11-12,15-19H2,1-2H3/b6-5-,10-8+/t21-,22+,24?/m0/s1. The lowest BCUT2D eigenvalue weighted by molar-refractivity contribution is -0.148. The molecule has 0 radical (unpaired) electrons. The topological polar surface area (TPSA) is 80.7 Å². The number of carbonyl (C=O) groups excluding carboxylic acids is 3. The number of unbranched alkanes of at least 4 members (excludes halogenated alkanes) is 1. The van der Waals surface area contributed by atoms with Gasteiger partial charge in [0, 0.05) is 18.8 Å². The molecule has 3 atom stereocenters. The molecular weight excluding hydrogens is 392 g/mol. The Bertz CT molecular complexity index is 699. The van der Waals surface area contributed by atoms with E-state index in [0.29, 0.717) is 18.3 Å². The van der Waals surface area contributed by atoms with Gasteiger partial charge in [0.1, 0.15) is 6.10 Å². The number of allylic oxidation sites excluding steroid dienone is 6. The molecule has 5 nitrogen and oxygen atoms in total. The molecule has 0 aliphatic heterocycles. The van der Waals surface area contributed by atoms with Crippen molar-refractivity contribution in [1.82, 2.24) is 0 Å². The summed E-state index contributed by atoms with van der Waals surface area (Å²) < 4.78 is 4.61. The molecule has 0 aromatic carbocycles. The quantitative estimate of drug-likeness (QED) is 0.314. The molecule has 0 bridgehead atoms. The first-order valence-corrected chi connectivity index (χ1v) is 11.7. The maximum atomic E-state index is 12.3. The summed E-state index contributed by atoms with van der Waals surface area (Å²) in [5.74, 6) is -0.776. The number of hydrogen-bond donors (Lipinski definition) is 1. The first-order valence-electron chi connectivity index (χ1n) is 11.7. The third kappa shape index (κ3) is 8.21. The molecule has 0 aromatic heterocycles. The Morgan fingerprint density at radius 2 is 2.06 bits per heavy atom. The lowest BCUT2D eigenvalue weighted by Crippen LogP contribution is -2.28. The summed E-state index contributed by atoms with van der Waals surface area (Å²) in [7, 11) is 0. The van der Waals surface area contributed by atoms with Gasteiger partial charge in [0.2, 0.25) is 0 Å². The van der Waals surface area contributed by atoms with Crippen molar-refractivity contribution in [1.29, 1.82) is 0 Å². The summed E-state index contributed by atoms with van der Waals surface area (Å²) in [6.07, 6.45) is 21.4. The van der Waals surface area contributed by atoms with E-state index in [0.717, 1.165) is 6.42 Å². The second kappa shape index (κ2) is 12.7.